The maximum Gasteiger partial charge on any atom is 0.341 e. The molecule has 0 atom stereocenters. The third kappa shape index (κ3) is 5.71. The number of aromatic hydroxyl groups is 2. The van der Waals surface area contributed by atoms with Crippen molar-refractivity contribution < 1.29 is 29.3 Å². The Morgan fingerprint density at radius 3 is 1.37 bits per heavy atom. The van der Waals surface area contributed by atoms with Crippen molar-refractivity contribution >= 4 is 34.7 Å². The lowest BCUT2D eigenvalue weighted by Gasteiger charge is -2.08. The Kier molecular flexibility index (Phi) is 7.83. The first-order valence-electron chi connectivity index (χ1n) is 11.3. The fourth-order valence-corrected chi connectivity index (χ4v) is 3.52. The van der Waals surface area contributed by atoms with Crippen LogP contribution in [0, 0.1) is 0 Å². The van der Waals surface area contributed by atoms with E-state index in [0.717, 1.165) is 11.1 Å². The van der Waals surface area contributed by atoms with Gasteiger partial charge in [0.2, 0.25) is 0 Å². The highest BCUT2D eigenvalue weighted by molar-refractivity contribution is 5.94. The number of phenols is 2. The van der Waals surface area contributed by atoms with Gasteiger partial charge in [-0.3, -0.25) is 0 Å². The Morgan fingerprint density at radius 1 is 0.579 bits per heavy atom. The van der Waals surface area contributed by atoms with Gasteiger partial charge in [0.1, 0.15) is 22.6 Å². The summed E-state index contributed by atoms with van der Waals surface area (Å²) in [4.78, 5) is 23.8. The van der Waals surface area contributed by atoms with Crippen LogP contribution in [0.3, 0.4) is 0 Å². The fraction of sp³-hybridized carbons (Fsp3) is 0.0714. The van der Waals surface area contributed by atoms with Gasteiger partial charge in [-0.15, -0.1) is 10.2 Å². The largest absolute Gasteiger partial charge is 0.507 e. The molecule has 2 N–H and O–H groups in total. The van der Waals surface area contributed by atoms with E-state index in [2.05, 4.69) is 29.9 Å². The Bertz CT molecular complexity index is 1450. The molecule has 0 bridgehead atoms. The van der Waals surface area contributed by atoms with E-state index in [0.29, 0.717) is 22.7 Å². The number of benzene rings is 4. The molecule has 0 saturated heterocycles. The maximum absolute atomic E-state index is 11.9. The van der Waals surface area contributed by atoms with Crippen LogP contribution in [0.25, 0.3) is 11.1 Å². The number of azo groups is 2. The molecule has 190 valence electrons. The van der Waals surface area contributed by atoms with Crippen LogP contribution in [0.5, 0.6) is 11.5 Å². The van der Waals surface area contributed by atoms with Gasteiger partial charge in [0.25, 0.3) is 0 Å². The summed E-state index contributed by atoms with van der Waals surface area (Å²) in [6, 6.07) is 23.1. The number of carbonyl (C=O) groups is 2. The van der Waals surface area contributed by atoms with Crippen molar-refractivity contribution in [3.05, 3.63) is 96.1 Å². The topological polar surface area (TPSA) is 142 Å². The van der Waals surface area contributed by atoms with Crippen LogP contribution in [0.2, 0.25) is 0 Å². The molecule has 0 heterocycles. The van der Waals surface area contributed by atoms with E-state index in [1.165, 1.54) is 50.6 Å². The first-order valence-corrected chi connectivity index (χ1v) is 11.3. The molecule has 4 rings (SSSR count). The minimum Gasteiger partial charge on any atom is -0.507 e. The molecule has 0 radical (unpaired) electrons. The van der Waals surface area contributed by atoms with E-state index in [1.807, 2.05) is 36.4 Å². The zero-order valence-electron chi connectivity index (χ0n) is 20.4. The monoisotopic (exact) mass is 510 g/mol. The standard InChI is InChI=1S/C28H22N4O6/c1-37-27(35)21-15-17(11-13-25(21)33)29-31-23-9-5-3-7-19(23)20-8-4-6-10-24(20)32-30-18-12-14-26(34)22(16-18)28(36)38-2/h3-16,33-34H,1-2H3/b31-29+,32-30+. The number of nitrogens with zero attached hydrogens (tertiary/aromatic N) is 4. The van der Waals surface area contributed by atoms with Gasteiger partial charge >= 0.3 is 11.9 Å². The molecule has 0 spiro atoms. The average Bonchev–Trinajstić information content (AvgIpc) is 2.95. The molecule has 0 unspecified atom stereocenters. The highest BCUT2D eigenvalue weighted by atomic mass is 16.5. The normalized spacial score (nSPS) is 11.1. The smallest absolute Gasteiger partial charge is 0.341 e. The Labute approximate surface area is 217 Å². The summed E-state index contributed by atoms with van der Waals surface area (Å²) >= 11 is 0. The molecule has 38 heavy (non-hydrogen) atoms. The van der Waals surface area contributed by atoms with Gasteiger partial charge in [0.15, 0.2) is 0 Å². The van der Waals surface area contributed by atoms with Crippen LogP contribution in [0.4, 0.5) is 22.7 Å². The minimum atomic E-state index is -0.688. The number of ether oxygens (including phenoxy) is 2. The van der Waals surface area contributed by atoms with Gasteiger partial charge in [-0.1, -0.05) is 36.4 Å². The summed E-state index contributed by atoms with van der Waals surface area (Å²) in [6.07, 6.45) is 0. The molecule has 4 aromatic carbocycles. The Balaban J connectivity index is 1.68. The molecule has 10 heteroatoms. The molecular formula is C28H22N4O6. The van der Waals surface area contributed by atoms with Gasteiger partial charge in [0, 0.05) is 11.1 Å². The quantitative estimate of drug-likeness (QED) is 0.199. The first-order chi connectivity index (χ1) is 18.4. The molecule has 0 aliphatic carbocycles. The number of hydrogen-bond donors (Lipinski definition) is 2. The van der Waals surface area contributed by atoms with Crippen LogP contribution in [0.15, 0.2) is 105 Å². The van der Waals surface area contributed by atoms with Crippen LogP contribution in [0.1, 0.15) is 20.7 Å². The first kappa shape index (κ1) is 25.7. The van der Waals surface area contributed by atoms with E-state index in [-0.39, 0.29) is 22.6 Å². The highest BCUT2D eigenvalue weighted by Gasteiger charge is 2.14. The number of rotatable bonds is 7. The third-order valence-corrected chi connectivity index (χ3v) is 5.42. The second-order valence-corrected chi connectivity index (χ2v) is 7.82. The zero-order chi connectivity index (χ0) is 27.1. The number of phenolic OH excluding ortho intramolecular Hbond substituents is 2. The summed E-state index contributed by atoms with van der Waals surface area (Å²) < 4.78 is 9.37. The molecule has 0 amide bonds. The predicted molar refractivity (Wildman–Crippen MR) is 139 cm³/mol. The molecule has 0 fully saturated rings. The van der Waals surface area contributed by atoms with Crippen molar-refractivity contribution in [1.29, 1.82) is 0 Å². The van der Waals surface area contributed by atoms with Crippen LogP contribution >= 0.6 is 0 Å². The van der Waals surface area contributed by atoms with Crippen molar-refractivity contribution in [2.45, 2.75) is 0 Å². The zero-order valence-corrected chi connectivity index (χ0v) is 20.4. The van der Waals surface area contributed by atoms with E-state index in [4.69, 9.17) is 0 Å². The van der Waals surface area contributed by atoms with Gasteiger partial charge < -0.3 is 19.7 Å². The Hall–Kier alpha value is -5.38. The fourth-order valence-electron chi connectivity index (χ4n) is 3.52. The lowest BCUT2D eigenvalue weighted by Crippen LogP contribution is -2.00. The van der Waals surface area contributed by atoms with Crippen LogP contribution < -0.4 is 0 Å². The molecular weight excluding hydrogens is 488 g/mol. The van der Waals surface area contributed by atoms with E-state index >= 15 is 0 Å². The molecule has 10 nitrogen and oxygen atoms in total. The number of hydrogen-bond acceptors (Lipinski definition) is 10. The summed E-state index contributed by atoms with van der Waals surface area (Å²) in [5, 5.41) is 37.0. The van der Waals surface area contributed by atoms with Crippen LogP contribution in [-0.4, -0.2) is 36.4 Å². The van der Waals surface area contributed by atoms with E-state index in [1.54, 1.807) is 12.1 Å². The van der Waals surface area contributed by atoms with Gasteiger partial charge in [0.05, 0.1) is 37.0 Å². The Morgan fingerprint density at radius 2 is 0.974 bits per heavy atom. The third-order valence-electron chi connectivity index (χ3n) is 5.42. The van der Waals surface area contributed by atoms with Crippen molar-refractivity contribution in [1.82, 2.24) is 0 Å². The summed E-state index contributed by atoms with van der Waals surface area (Å²) in [5.74, 6) is -1.82. The molecule has 0 aliphatic heterocycles. The van der Waals surface area contributed by atoms with Crippen LogP contribution in [-0.2, 0) is 9.47 Å². The molecule has 0 aliphatic rings. The summed E-state index contributed by atoms with van der Waals surface area (Å²) in [7, 11) is 2.45. The molecule has 4 aromatic rings. The number of carbonyl (C=O) groups excluding carboxylic acids is 2. The highest BCUT2D eigenvalue weighted by Crippen LogP contribution is 2.38. The summed E-state index contributed by atoms with van der Waals surface area (Å²) in [5.41, 5.74) is 3.15. The second kappa shape index (κ2) is 11.6. The lowest BCUT2D eigenvalue weighted by molar-refractivity contribution is 0.0588. The molecule has 0 saturated carbocycles. The van der Waals surface area contributed by atoms with Gasteiger partial charge in [-0.25, -0.2) is 9.59 Å². The van der Waals surface area contributed by atoms with E-state index in [9.17, 15) is 19.8 Å². The van der Waals surface area contributed by atoms with Crippen molar-refractivity contribution in [3.8, 4) is 22.6 Å². The maximum atomic E-state index is 11.9. The number of methoxy groups -OCH3 is 2. The lowest BCUT2D eigenvalue weighted by atomic mass is 10.0. The van der Waals surface area contributed by atoms with E-state index < -0.39 is 11.9 Å². The van der Waals surface area contributed by atoms with Crippen molar-refractivity contribution in [2.24, 2.45) is 20.5 Å². The predicted octanol–water partition coefficient (Wildman–Crippen LogP) is 7.17. The van der Waals surface area contributed by atoms with Gasteiger partial charge in [-0.2, -0.15) is 10.2 Å². The second-order valence-electron chi connectivity index (χ2n) is 7.82. The number of esters is 2. The van der Waals surface area contributed by atoms with Crippen molar-refractivity contribution in [3.63, 3.8) is 0 Å². The summed E-state index contributed by atoms with van der Waals surface area (Å²) in [6.45, 7) is 0. The van der Waals surface area contributed by atoms with Crippen molar-refractivity contribution in [2.75, 3.05) is 14.2 Å². The van der Waals surface area contributed by atoms with Gasteiger partial charge in [-0.05, 0) is 48.5 Å². The SMILES string of the molecule is COC(=O)c1cc(/N=N/c2ccccc2-c2ccccc2/N=N/c2ccc(O)c(C(=O)OC)c2)ccc1O. The average molecular weight is 511 g/mol. The molecule has 0 aromatic heterocycles. The minimum absolute atomic E-state index is 0.0208.